The molecule has 0 N–H and O–H groups in total. The first-order valence-electron chi connectivity index (χ1n) is 9.81. The van der Waals surface area contributed by atoms with E-state index in [9.17, 15) is 9.18 Å². The molecule has 0 unspecified atom stereocenters. The zero-order valence-electron chi connectivity index (χ0n) is 16.6. The van der Waals surface area contributed by atoms with Crippen molar-refractivity contribution in [3.05, 3.63) is 78.1 Å². The highest BCUT2D eigenvalue weighted by Gasteiger charge is 2.47. The third-order valence-corrected chi connectivity index (χ3v) is 6.17. The van der Waals surface area contributed by atoms with Crippen molar-refractivity contribution in [1.29, 1.82) is 0 Å². The maximum Gasteiger partial charge on any atom is 0.256 e. The number of hydrogen-bond donors (Lipinski definition) is 0. The summed E-state index contributed by atoms with van der Waals surface area (Å²) in [5, 5.41) is 4.18. The van der Waals surface area contributed by atoms with Gasteiger partial charge in [-0.3, -0.25) is 9.69 Å². The van der Waals surface area contributed by atoms with E-state index in [1.54, 1.807) is 23.1 Å². The van der Waals surface area contributed by atoms with Crippen LogP contribution in [0.15, 0.2) is 61.2 Å². The molecule has 5 rings (SSSR count). The van der Waals surface area contributed by atoms with Crippen molar-refractivity contribution in [3.8, 4) is 5.69 Å². The van der Waals surface area contributed by atoms with E-state index >= 15 is 0 Å². The lowest BCUT2D eigenvalue weighted by Gasteiger charge is -2.27. The number of carbonyl (C=O) groups is 1. The second-order valence-electron chi connectivity index (χ2n) is 7.93. The second kappa shape index (κ2) is 8.16. The summed E-state index contributed by atoms with van der Waals surface area (Å²) in [4.78, 5) is 21.6. The highest BCUT2D eigenvalue weighted by Crippen LogP contribution is 2.44. The Morgan fingerprint density at radius 2 is 1.93 bits per heavy atom. The highest BCUT2D eigenvalue weighted by atomic mass is 35.5. The molecule has 3 aromatic rings. The minimum absolute atomic E-state index is 0. The van der Waals surface area contributed by atoms with Gasteiger partial charge >= 0.3 is 0 Å². The molecule has 8 heteroatoms. The third kappa shape index (κ3) is 3.48. The van der Waals surface area contributed by atoms with Crippen molar-refractivity contribution in [3.63, 3.8) is 0 Å². The van der Waals surface area contributed by atoms with E-state index < -0.39 is 0 Å². The molecule has 3 heterocycles. The van der Waals surface area contributed by atoms with Gasteiger partial charge in [-0.25, -0.2) is 14.1 Å². The average molecular weight is 428 g/mol. The molecule has 3 atom stereocenters. The SMILES string of the molecule is CN1C[C@H]2CN(C(=O)c3ccccc3-n3cncn3)C[C@H]2[C@@H]1c1cccc(F)c1.Cl. The molecule has 0 aliphatic carbocycles. The van der Waals surface area contributed by atoms with Crippen LogP contribution in [0.1, 0.15) is 22.0 Å². The van der Waals surface area contributed by atoms with E-state index in [0.29, 0.717) is 30.5 Å². The number of halogens is 2. The molecule has 30 heavy (non-hydrogen) atoms. The summed E-state index contributed by atoms with van der Waals surface area (Å²) >= 11 is 0. The van der Waals surface area contributed by atoms with Gasteiger partial charge in [-0.2, -0.15) is 5.10 Å². The van der Waals surface area contributed by atoms with Crippen molar-refractivity contribution >= 4 is 18.3 Å². The zero-order valence-corrected chi connectivity index (χ0v) is 17.4. The van der Waals surface area contributed by atoms with Crippen LogP contribution in [-0.4, -0.2) is 57.2 Å². The minimum Gasteiger partial charge on any atom is -0.338 e. The maximum atomic E-state index is 13.8. The van der Waals surface area contributed by atoms with Crippen LogP contribution in [0.2, 0.25) is 0 Å². The number of aromatic nitrogens is 3. The van der Waals surface area contributed by atoms with Gasteiger partial charge in [0, 0.05) is 31.6 Å². The Hall–Kier alpha value is -2.77. The Balaban J connectivity index is 0.00000218. The van der Waals surface area contributed by atoms with Crippen LogP contribution >= 0.6 is 12.4 Å². The van der Waals surface area contributed by atoms with Crippen molar-refractivity contribution in [2.45, 2.75) is 6.04 Å². The molecule has 0 spiro atoms. The zero-order chi connectivity index (χ0) is 20.0. The molecule has 1 amide bonds. The van der Waals surface area contributed by atoms with E-state index in [2.05, 4.69) is 22.0 Å². The van der Waals surface area contributed by atoms with Crippen LogP contribution < -0.4 is 0 Å². The van der Waals surface area contributed by atoms with Crippen LogP contribution in [0.25, 0.3) is 5.69 Å². The molecule has 0 bridgehead atoms. The highest BCUT2D eigenvalue weighted by molar-refractivity contribution is 5.98. The summed E-state index contributed by atoms with van der Waals surface area (Å²) in [6.07, 6.45) is 3.06. The number of benzene rings is 2. The van der Waals surface area contributed by atoms with Gasteiger partial charge in [-0.1, -0.05) is 24.3 Å². The predicted octanol–water partition coefficient (Wildman–Crippen LogP) is 3.20. The number of rotatable bonds is 3. The molecule has 0 radical (unpaired) electrons. The Morgan fingerprint density at radius 3 is 2.70 bits per heavy atom. The smallest absolute Gasteiger partial charge is 0.256 e. The van der Waals surface area contributed by atoms with Gasteiger partial charge in [-0.15, -0.1) is 12.4 Å². The molecule has 1 aromatic heterocycles. The lowest BCUT2D eigenvalue weighted by molar-refractivity contribution is 0.0767. The van der Waals surface area contributed by atoms with Gasteiger partial charge in [0.25, 0.3) is 5.91 Å². The van der Waals surface area contributed by atoms with Gasteiger partial charge in [0.05, 0.1) is 11.3 Å². The largest absolute Gasteiger partial charge is 0.338 e. The summed E-state index contributed by atoms with van der Waals surface area (Å²) in [6.45, 7) is 2.28. The first kappa shape index (κ1) is 20.5. The molecule has 2 aromatic carbocycles. The van der Waals surface area contributed by atoms with E-state index in [1.807, 2.05) is 35.2 Å². The predicted molar refractivity (Wildman–Crippen MR) is 113 cm³/mol. The molecule has 156 valence electrons. The van der Waals surface area contributed by atoms with Gasteiger partial charge in [0.1, 0.15) is 18.5 Å². The number of hydrogen-bond acceptors (Lipinski definition) is 4. The number of amides is 1. The molecule has 2 aliphatic heterocycles. The van der Waals surface area contributed by atoms with E-state index in [1.165, 1.54) is 12.4 Å². The minimum atomic E-state index is -0.216. The molecular formula is C22H23ClFN5O. The number of fused-ring (bicyclic) bond motifs is 1. The van der Waals surface area contributed by atoms with Gasteiger partial charge in [-0.05, 0) is 42.8 Å². The summed E-state index contributed by atoms with van der Waals surface area (Å²) in [7, 11) is 2.08. The monoisotopic (exact) mass is 427 g/mol. The second-order valence-corrected chi connectivity index (χ2v) is 7.93. The summed E-state index contributed by atoms with van der Waals surface area (Å²) in [5.74, 6) is 0.471. The van der Waals surface area contributed by atoms with Crippen LogP contribution in [0.4, 0.5) is 4.39 Å². The van der Waals surface area contributed by atoms with Crippen molar-refractivity contribution in [2.24, 2.45) is 11.8 Å². The average Bonchev–Trinajstić information content (AvgIpc) is 3.43. The fourth-order valence-corrected chi connectivity index (χ4v) is 4.97. The fraction of sp³-hybridized carbons (Fsp3) is 0.318. The Morgan fingerprint density at radius 1 is 1.10 bits per heavy atom. The van der Waals surface area contributed by atoms with Gasteiger partial charge in [0.2, 0.25) is 0 Å². The Kier molecular flexibility index (Phi) is 5.58. The summed E-state index contributed by atoms with van der Waals surface area (Å²) < 4.78 is 15.4. The number of nitrogens with zero attached hydrogens (tertiary/aromatic N) is 5. The lowest BCUT2D eigenvalue weighted by Crippen LogP contribution is -2.34. The Labute approximate surface area is 180 Å². The van der Waals surface area contributed by atoms with Crippen molar-refractivity contribution < 1.29 is 9.18 Å². The topological polar surface area (TPSA) is 54.3 Å². The van der Waals surface area contributed by atoms with E-state index in [-0.39, 0.29) is 30.2 Å². The normalized spacial score (nSPS) is 23.3. The third-order valence-electron chi connectivity index (χ3n) is 6.17. The number of likely N-dealkylation sites (tertiary alicyclic amines) is 2. The van der Waals surface area contributed by atoms with Crippen LogP contribution in [0.3, 0.4) is 0 Å². The quantitative estimate of drug-likeness (QED) is 0.644. The molecule has 2 aliphatic rings. The van der Waals surface area contributed by atoms with E-state index in [4.69, 9.17) is 0 Å². The van der Waals surface area contributed by atoms with Crippen molar-refractivity contribution in [1.82, 2.24) is 24.6 Å². The van der Waals surface area contributed by atoms with Crippen LogP contribution in [-0.2, 0) is 0 Å². The van der Waals surface area contributed by atoms with Gasteiger partial charge < -0.3 is 4.90 Å². The first-order chi connectivity index (χ1) is 14.1. The molecular weight excluding hydrogens is 405 g/mol. The Bertz CT molecular complexity index is 1040. The van der Waals surface area contributed by atoms with Crippen molar-refractivity contribution in [2.75, 3.05) is 26.7 Å². The molecule has 0 saturated carbocycles. The maximum absolute atomic E-state index is 13.8. The summed E-state index contributed by atoms with van der Waals surface area (Å²) in [6, 6.07) is 14.4. The standard InChI is InChI=1S/C22H22FN5O.ClH/c1-26-10-16-11-27(12-19(16)21(26)15-5-4-6-17(23)9-15)22(29)18-7-2-3-8-20(18)28-14-24-13-25-28;/h2-9,13-14,16,19,21H,10-12H2,1H3;1H/t16-,19+,21-;/m0./s1. The van der Waals surface area contributed by atoms with Crippen LogP contribution in [0, 0.1) is 17.7 Å². The van der Waals surface area contributed by atoms with E-state index in [0.717, 1.165) is 17.8 Å². The lowest BCUT2D eigenvalue weighted by atomic mass is 9.89. The summed E-state index contributed by atoms with van der Waals surface area (Å²) in [5.41, 5.74) is 2.33. The number of carbonyl (C=O) groups excluding carboxylic acids is 1. The molecule has 2 saturated heterocycles. The molecule has 6 nitrogen and oxygen atoms in total. The fourth-order valence-electron chi connectivity index (χ4n) is 4.97. The molecule has 2 fully saturated rings. The van der Waals surface area contributed by atoms with Crippen LogP contribution in [0.5, 0.6) is 0 Å². The first-order valence-corrected chi connectivity index (χ1v) is 9.81. The van der Waals surface area contributed by atoms with Gasteiger partial charge in [0.15, 0.2) is 0 Å². The number of para-hydroxylation sites is 1.